The zero-order valence-corrected chi connectivity index (χ0v) is 18.8. The molecule has 5 nitrogen and oxygen atoms in total. The second-order valence-corrected chi connectivity index (χ2v) is 9.69. The molecule has 2 heterocycles. The van der Waals surface area contributed by atoms with Gasteiger partial charge in [0.05, 0.1) is 17.7 Å². The van der Waals surface area contributed by atoms with E-state index in [1.165, 1.54) is 11.3 Å². The summed E-state index contributed by atoms with van der Waals surface area (Å²) in [5.74, 6) is -1.13. The molecule has 31 heavy (non-hydrogen) atoms. The van der Waals surface area contributed by atoms with E-state index >= 15 is 0 Å². The maximum absolute atomic E-state index is 12.8. The molecule has 1 aromatic heterocycles. The predicted octanol–water partition coefficient (Wildman–Crippen LogP) is 5.36. The average molecular weight is 455 g/mol. The summed E-state index contributed by atoms with van der Waals surface area (Å²) in [6.07, 6.45) is -3.92. The number of carbonyl (C=O) groups excluding carboxylic acids is 2. The predicted molar refractivity (Wildman–Crippen MR) is 114 cm³/mol. The molecule has 0 unspecified atom stereocenters. The third kappa shape index (κ3) is 4.77. The number of hydrogen-bond donors (Lipinski definition) is 2. The molecule has 1 aliphatic heterocycles. The maximum atomic E-state index is 12.8. The van der Waals surface area contributed by atoms with Crippen LogP contribution in [0.3, 0.4) is 0 Å². The molecule has 0 saturated heterocycles. The number of benzene rings is 1. The minimum Gasteiger partial charge on any atom is -0.462 e. The number of nitrogens with one attached hydrogen (secondary N) is 2. The molecule has 1 aromatic carbocycles. The third-order valence-corrected chi connectivity index (χ3v) is 6.50. The van der Waals surface area contributed by atoms with Crippen molar-refractivity contribution in [1.29, 1.82) is 0 Å². The summed E-state index contributed by atoms with van der Waals surface area (Å²) < 4.78 is 43.6. The van der Waals surface area contributed by atoms with Crippen molar-refractivity contribution >= 4 is 28.2 Å². The number of anilines is 1. The Labute approximate surface area is 183 Å². The molecule has 3 rings (SSSR count). The van der Waals surface area contributed by atoms with Crippen LogP contribution in [0.25, 0.3) is 0 Å². The van der Waals surface area contributed by atoms with Crippen LogP contribution in [0, 0.1) is 0 Å². The molecule has 0 fully saturated rings. The summed E-state index contributed by atoms with van der Waals surface area (Å²) in [4.78, 5) is 26.5. The molecule has 9 heteroatoms. The summed E-state index contributed by atoms with van der Waals surface area (Å²) >= 11 is 1.28. The SMILES string of the molecule is CCOC(=O)c1c(NC(=O)c2ccc(C(F)(F)F)cc2)sc2c1CC(C)(C)NC2(C)C. The Hall–Kier alpha value is -2.39. The Morgan fingerprint density at radius 3 is 2.32 bits per heavy atom. The number of rotatable bonds is 4. The Morgan fingerprint density at radius 1 is 1.16 bits per heavy atom. The van der Waals surface area contributed by atoms with Gasteiger partial charge in [-0.1, -0.05) is 0 Å². The van der Waals surface area contributed by atoms with Crippen molar-refractivity contribution in [1.82, 2.24) is 5.32 Å². The molecule has 1 aliphatic rings. The topological polar surface area (TPSA) is 67.4 Å². The largest absolute Gasteiger partial charge is 0.462 e. The minimum atomic E-state index is -4.48. The van der Waals surface area contributed by atoms with Crippen LogP contribution in [-0.4, -0.2) is 24.0 Å². The molecule has 0 spiro atoms. The van der Waals surface area contributed by atoms with Gasteiger partial charge in [-0.3, -0.25) is 4.79 Å². The number of fused-ring (bicyclic) bond motifs is 1. The zero-order chi connectivity index (χ0) is 23.2. The fourth-order valence-corrected chi connectivity index (χ4v) is 5.28. The van der Waals surface area contributed by atoms with E-state index in [0.29, 0.717) is 17.0 Å². The first kappa shape index (κ1) is 23.3. The number of amides is 1. The van der Waals surface area contributed by atoms with Crippen LogP contribution in [0.1, 0.15) is 71.3 Å². The van der Waals surface area contributed by atoms with Gasteiger partial charge in [0, 0.05) is 21.5 Å². The van der Waals surface area contributed by atoms with Gasteiger partial charge >= 0.3 is 12.1 Å². The lowest BCUT2D eigenvalue weighted by molar-refractivity contribution is -0.137. The Bertz CT molecular complexity index is 1010. The second kappa shape index (κ2) is 7.94. The van der Waals surface area contributed by atoms with Crippen LogP contribution in [0.5, 0.6) is 0 Å². The highest BCUT2D eigenvalue weighted by Gasteiger charge is 2.42. The lowest BCUT2D eigenvalue weighted by Crippen LogP contribution is -2.55. The quantitative estimate of drug-likeness (QED) is 0.611. The molecule has 1 amide bonds. The van der Waals surface area contributed by atoms with E-state index in [0.717, 1.165) is 34.7 Å². The molecule has 0 saturated carbocycles. The summed E-state index contributed by atoms with van der Waals surface area (Å²) in [6, 6.07) is 3.95. The molecule has 0 radical (unpaired) electrons. The van der Waals surface area contributed by atoms with E-state index in [4.69, 9.17) is 4.74 Å². The number of ether oxygens (including phenoxy) is 1. The number of thiophene rings is 1. The van der Waals surface area contributed by atoms with Crippen molar-refractivity contribution in [3.8, 4) is 0 Å². The van der Waals surface area contributed by atoms with E-state index in [2.05, 4.69) is 10.6 Å². The number of carbonyl (C=O) groups is 2. The van der Waals surface area contributed by atoms with Gasteiger partial charge in [0.2, 0.25) is 0 Å². The van der Waals surface area contributed by atoms with Crippen molar-refractivity contribution in [2.45, 2.75) is 58.3 Å². The van der Waals surface area contributed by atoms with Crippen LogP contribution < -0.4 is 10.6 Å². The normalized spacial score (nSPS) is 17.0. The average Bonchev–Trinajstić information content (AvgIpc) is 2.98. The van der Waals surface area contributed by atoms with Gasteiger partial charge in [0.1, 0.15) is 5.00 Å². The van der Waals surface area contributed by atoms with Gasteiger partial charge in [-0.15, -0.1) is 11.3 Å². The lowest BCUT2D eigenvalue weighted by Gasteiger charge is -2.42. The van der Waals surface area contributed by atoms with Gasteiger partial charge in [0.25, 0.3) is 5.91 Å². The van der Waals surface area contributed by atoms with Crippen LogP contribution >= 0.6 is 11.3 Å². The fraction of sp³-hybridized carbons (Fsp3) is 0.455. The molecule has 168 valence electrons. The summed E-state index contributed by atoms with van der Waals surface area (Å²) in [5.41, 5.74) is -0.372. The second-order valence-electron chi connectivity index (χ2n) is 8.67. The summed E-state index contributed by atoms with van der Waals surface area (Å²) in [5, 5.41) is 6.59. The van der Waals surface area contributed by atoms with E-state index in [1.807, 2.05) is 27.7 Å². The van der Waals surface area contributed by atoms with Crippen molar-refractivity contribution in [3.63, 3.8) is 0 Å². The van der Waals surface area contributed by atoms with E-state index in [1.54, 1.807) is 6.92 Å². The molecule has 2 N–H and O–H groups in total. The maximum Gasteiger partial charge on any atom is 0.416 e. The summed E-state index contributed by atoms with van der Waals surface area (Å²) in [7, 11) is 0. The monoisotopic (exact) mass is 454 g/mol. The van der Waals surface area contributed by atoms with Gasteiger partial charge in [-0.25, -0.2) is 4.79 Å². The van der Waals surface area contributed by atoms with Crippen LogP contribution in [0.4, 0.5) is 18.2 Å². The Balaban J connectivity index is 2.00. The van der Waals surface area contributed by atoms with Gasteiger partial charge in [0.15, 0.2) is 0 Å². The van der Waals surface area contributed by atoms with Crippen molar-refractivity contribution in [2.75, 3.05) is 11.9 Å². The van der Waals surface area contributed by atoms with Gasteiger partial charge < -0.3 is 15.4 Å². The number of halogens is 3. The van der Waals surface area contributed by atoms with Crippen LogP contribution in [0.2, 0.25) is 0 Å². The van der Waals surface area contributed by atoms with Crippen molar-refractivity contribution in [2.24, 2.45) is 0 Å². The van der Waals surface area contributed by atoms with E-state index in [9.17, 15) is 22.8 Å². The molecule has 0 bridgehead atoms. The molecular formula is C22H25F3N2O3S. The summed E-state index contributed by atoms with van der Waals surface area (Å²) in [6.45, 7) is 9.95. The minimum absolute atomic E-state index is 0.0619. The third-order valence-electron chi connectivity index (χ3n) is 5.03. The number of esters is 1. The molecule has 2 aromatic rings. The molecule has 0 aliphatic carbocycles. The van der Waals surface area contributed by atoms with Gasteiger partial charge in [-0.2, -0.15) is 13.2 Å². The van der Waals surface area contributed by atoms with Crippen molar-refractivity contribution < 1.29 is 27.5 Å². The first-order chi connectivity index (χ1) is 14.2. The number of hydrogen-bond acceptors (Lipinski definition) is 5. The van der Waals surface area contributed by atoms with Crippen LogP contribution in [0.15, 0.2) is 24.3 Å². The standard InChI is InChI=1S/C22H25F3N2O3S/c1-6-30-19(29)15-14-11-20(2,3)27-21(4,5)16(14)31-18(15)26-17(28)12-7-9-13(10-8-12)22(23,24)25/h7-10,27H,6,11H2,1-5H3,(H,26,28). The highest BCUT2D eigenvalue weighted by atomic mass is 32.1. The first-order valence-electron chi connectivity index (χ1n) is 9.86. The van der Waals surface area contributed by atoms with E-state index < -0.39 is 29.2 Å². The fourth-order valence-electron chi connectivity index (χ4n) is 4.02. The Morgan fingerprint density at radius 2 is 1.77 bits per heavy atom. The highest BCUT2D eigenvalue weighted by Crippen LogP contribution is 2.45. The Kier molecular flexibility index (Phi) is 5.96. The lowest BCUT2D eigenvalue weighted by atomic mass is 9.81. The van der Waals surface area contributed by atoms with Crippen molar-refractivity contribution in [3.05, 3.63) is 51.4 Å². The molecular weight excluding hydrogens is 429 g/mol. The molecule has 0 atom stereocenters. The van der Waals surface area contributed by atoms with Crippen LogP contribution in [-0.2, 0) is 22.9 Å². The zero-order valence-electron chi connectivity index (χ0n) is 18.0. The highest BCUT2D eigenvalue weighted by molar-refractivity contribution is 7.17. The smallest absolute Gasteiger partial charge is 0.416 e. The first-order valence-corrected chi connectivity index (χ1v) is 10.7. The van der Waals surface area contributed by atoms with Gasteiger partial charge in [-0.05, 0) is 70.9 Å². The number of alkyl halides is 3. The van der Waals surface area contributed by atoms with E-state index in [-0.39, 0.29) is 17.7 Å².